The van der Waals surface area contributed by atoms with E-state index in [2.05, 4.69) is 26.1 Å². The van der Waals surface area contributed by atoms with Crippen molar-refractivity contribution in [2.45, 2.75) is 65.3 Å². The van der Waals surface area contributed by atoms with Crippen LogP contribution in [0.1, 0.15) is 83.3 Å². The Kier molecular flexibility index (Phi) is 16.3. The second kappa shape index (κ2) is 23.0. The van der Waals surface area contributed by atoms with Gasteiger partial charge in [0.15, 0.2) is 5.78 Å². The molecular weight excluding hydrogens is 981 g/mol. The number of fused-ring (bicyclic) bond motifs is 1. The number of aromatic hydroxyl groups is 2. The van der Waals surface area contributed by atoms with E-state index in [1.165, 1.54) is 46.7 Å². The number of hydrazone groups is 1. The number of phenolic OH excluding ortho intramolecular Hbond substituents is 2. The monoisotopic (exact) mass is 1040 g/mol. The minimum atomic E-state index is -1.02. The number of hydrogen-bond acceptors (Lipinski definition) is 14. The van der Waals surface area contributed by atoms with Crippen LogP contribution in [0.25, 0.3) is 31.0 Å². The molecule has 1 aliphatic rings. The number of nitrogens with one attached hydrogen (secondary N) is 3. The Labute approximate surface area is 435 Å². The summed E-state index contributed by atoms with van der Waals surface area (Å²) in [5.74, 6) is -1.58. The lowest BCUT2D eigenvalue weighted by Crippen LogP contribution is -2.58. The molecular formula is C56H56N6O10S2. The number of aryl methyl sites for hydroxylation is 1. The van der Waals surface area contributed by atoms with Gasteiger partial charge in [0.25, 0.3) is 5.91 Å². The van der Waals surface area contributed by atoms with Crippen LogP contribution < -0.4 is 20.8 Å². The number of carbonyl (C=O) groups excluding carboxylic acids is 5. The van der Waals surface area contributed by atoms with Crippen LogP contribution in [0.2, 0.25) is 0 Å². The predicted octanol–water partition coefficient (Wildman–Crippen LogP) is 8.17. The number of hydrogen-bond donors (Lipinski definition) is 6. The Bertz CT molecular complexity index is 3200. The summed E-state index contributed by atoms with van der Waals surface area (Å²) in [5.41, 5.74) is 8.71. The van der Waals surface area contributed by atoms with Crippen molar-refractivity contribution in [3.05, 3.63) is 154 Å². The molecule has 8 rings (SSSR count). The molecule has 1 saturated heterocycles. The van der Waals surface area contributed by atoms with E-state index in [0.29, 0.717) is 31.8 Å². The lowest BCUT2D eigenvalue weighted by atomic mass is 9.85. The van der Waals surface area contributed by atoms with Gasteiger partial charge in [0.1, 0.15) is 42.5 Å². The Morgan fingerprint density at radius 1 is 0.851 bits per heavy atom. The lowest BCUT2D eigenvalue weighted by molar-refractivity contribution is -0.144. The molecule has 16 nitrogen and oxygen atoms in total. The smallest absolute Gasteiger partial charge is 0.271 e. The molecule has 0 radical (unpaired) electrons. The van der Waals surface area contributed by atoms with Gasteiger partial charge in [-0.25, -0.2) is 10.4 Å². The number of β-amino-alcohol motifs (C(OH)–C–C–N with tert-alkyl or cyclic N) is 1. The van der Waals surface area contributed by atoms with Crippen LogP contribution in [0.4, 0.5) is 0 Å². The molecule has 0 saturated carbocycles. The molecule has 5 aromatic carbocycles. The number of aliphatic hydroxyl groups is 1. The molecule has 74 heavy (non-hydrogen) atoms. The van der Waals surface area contributed by atoms with Crippen LogP contribution >= 0.6 is 22.7 Å². The van der Waals surface area contributed by atoms with Crippen LogP contribution in [-0.4, -0.2) is 105 Å². The van der Waals surface area contributed by atoms with Gasteiger partial charge in [0.05, 0.1) is 41.0 Å². The van der Waals surface area contributed by atoms with Crippen LogP contribution in [-0.2, 0) is 19.1 Å². The number of likely N-dealkylation sites (tertiary alicyclic amines) is 1. The quantitative estimate of drug-likeness (QED) is 0.0208. The highest BCUT2D eigenvalue weighted by Crippen LogP contribution is 2.42. The SMILES string of the molecule is Cc1ncsc1-c1ccc(C(C)NC(=O)C2CC(O)CN2C(=O)C(NC(=O)COCCOc2ccc(C=NNC(=O)c3cccc(C(=O)c4c(-c5ccc(O)cc5)sc5cc(O)ccc45)c3)cc2)C(C)(C)C)cc1. The fraction of sp³-hybridized carbons (Fsp3) is 0.268. The van der Waals surface area contributed by atoms with Crippen molar-refractivity contribution < 1.29 is 48.8 Å². The van der Waals surface area contributed by atoms with Gasteiger partial charge in [0.2, 0.25) is 17.7 Å². The van der Waals surface area contributed by atoms with Crippen molar-refractivity contribution in [3.8, 4) is 38.1 Å². The van der Waals surface area contributed by atoms with Crippen LogP contribution in [0.5, 0.6) is 17.2 Å². The lowest BCUT2D eigenvalue weighted by Gasteiger charge is -2.35. The number of benzene rings is 5. The van der Waals surface area contributed by atoms with Crippen LogP contribution in [0, 0.1) is 12.3 Å². The summed E-state index contributed by atoms with van der Waals surface area (Å²) >= 11 is 2.90. The van der Waals surface area contributed by atoms with E-state index in [0.717, 1.165) is 27.3 Å². The van der Waals surface area contributed by atoms with E-state index in [1.807, 2.05) is 58.9 Å². The topological polar surface area (TPSA) is 229 Å². The minimum Gasteiger partial charge on any atom is -0.508 e. The third-order valence-electron chi connectivity index (χ3n) is 12.5. The molecule has 3 heterocycles. The van der Waals surface area contributed by atoms with Gasteiger partial charge < -0.3 is 40.3 Å². The average Bonchev–Trinajstić information content (AvgIpc) is 4.11. The normalized spacial score (nSPS) is 15.5. The number of carbonyl (C=O) groups is 5. The highest BCUT2D eigenvalue weighted by atomic mass is 32.1. The van der Waals surface area contributed by atoms with E-state index in [9.17, 15) is 39.3 Å². The number of ketones is 1. The van der Waals surface area contributed by atoms with E-state index in [1.54, 1.807) is 83.6 Å². The summed E-state index contributed by atoms with van der Waals surface area (Å²) in [4.78, 5) is 75.6. The molecule has 0 aliphatic carbocycles. The number of rotatable bonds is 18. The van der Waals surface area contributed by atoms with Gasteiger partial charge in [0, 0.05) is 44.6 Å². The standard InChI is InChI=1S/C56H56N6O10S2/c1-32(35-11-13-36(14-12-35)50-33(2)57-31-73-50)59-54(69)45-26-42(65)29-62(45)55(70)52(56(3,4)5)60-47(66)30-71-23-24-72-43-20-9-34(10-21-43)28-58-61-53(68)39-8-6-7-38(25-39)49(67)48-44-22-19-41(64)27-46(44)74-51(48)37-15-17-40(63)18-16-37/h6-22,25,27-28,31-32,42,45,52,63-65H,23-24,26,29-30H2,1-5H3,(H,59,69)(H,60,66)(H,61,68). The van der Waals surface area contributed by atoms with Crippen molar-refractivity contribution in [2.24, 2.45) is 10.5 Å². The van der Waals surface area contributed by atoms with E-state index < -0.39 is 47.2 Å². The summed E-state index contributed by atoms with van der Waals surface area (Å²) in [5, 5.41) is 41.2. The molecule has 382 valence electrons. The molecule has 0 bridgehead atoms. The Balaban J connectivity index is 0.786. The van der Waals surface area contributed by atoms with E-state index in [-0.39, 0.29) is 67.2 Å². The number of thiazole rings is 1. The molecule has 1 fully saturated rings. The fourth-order valence-corrected chi connectivity index (χ4v) is 10.6. The third-order valence-corrected chi connectivity index (χ3v) is 14.6. The molecule has 4 unspecified atom stereocenters. The first-order valence-corrected chi connectivity index (χ1v) is 25.6. The summed E-state index contributed by atoms with van der Waals surface area (Å²) in [6.07, 6.45) is 0.611. The zero-order chi connectivity index (χ0) is 52.7. The fourth-order valence-electron chi connectivity index (χ4n) is 8.55. The van der Waals surface area contributed by atoms with Crippen molar-refractivity contribution in [3.63, 3.8) is 0 Å². The highest BCUT2D eigenvalue weighted by molar-refractivity contribution is 7.22. The molecule has 0 spiro atoms. The average molecular weight is 1040 g/mol. The maximum Gasteiger partial charge on any atom is 0.271 e. The summed E-state index contributed by atoms with van der Waals surface area (Å²) in [6.45, 7) is 9.02. The summed E-state index contributed by atoms with van der Waals surface area (Å²) < 4.78 is 12.1. The first-order chi connectivity index (χ1) is 35.4. The van der Waals surface area contributed by atoms with Crippen molar-refractivity contribution >= 4 is 68.4 Å². The van der Waals surface area contributed by atoms with Crippen LogP contribution in [0.3, 0.4) is 0 Å². The maximum absolute atomic E-state index is 14.1. The second-order valence-electron chi connectivity index (χ2n) is 19.0. The molecule has 1 aliphatic heterocycles. The molecule has 4 atom stereocenters. The Hall–Kier alpha value is -7.77. The number of phenols is 2. The number of aliphatic hydroxyl groups excluding tert-OH is 1. The van der Waals surface area contributed by atoms with Gasteiger partial charge >= 0.3 is 0 Å². The number of ether oxygens (including phenoxy) is 2. The first kappa shape index (κ1) is 52.5. The Morgan fingerprint density at radius 3 is 2.24 bits per heavy atom. The van der Waals surface area contributed by atoms with Gasteiger partial charge in [-0.1, -0.05) is 57.2 Å². The van der Waals surface area contributed by atoms with Gasteiger partial charge in [-0.2, -0.15) is 5.10 Å². The van der Waals surface area contributed by atoms with Crippen molar-refractivity contribution in [2.75, 3.05) is 26.4 Å². The Morgan fingerprint density at radius 2 is 1.54 bits per heavy atom. The molecule has 18 heteroatoms. The van der Waals surface area contributed by atoms with Gasteiger partial charge in [-0.05, 0) is 120 Å². The zero-order valence-corrected chi connectivity index (χ0v) is 43.0. The largest absolute Gasteiger partial charge is 0.508 e. The zero-order valence-electron chi connectivity index (χ0n) is 41.3. The van der Waals surface area contributed by atoms with E-state index >= 15 is 0 Å². The second-order valence-corrected chi connectivity index (χ2v) is 20.9. The predicted molar refractivity (Wildman–Crippen MR) is 285 cm³/mol. The number of amides is 4. The third kappa shape index (κ3) is 12.5. The number of thiophene rings is 1. The number of nitrogens with zero attached hydrogens (tertiary/aromatic N) is 3. The molecule has 2 aromatic heterocycles. The van der Waals surface area contributed by atoms with Gasteiger partial charge in [-0.15, -0.1) is 22.7 Å². The molecule has 6 N–H and O–H groups in total. The summed E-state index contributed by atoms with van der Waals surface area (Å²) in [7, 11) is 0. The highest BCUT2D eigenvalue weighted by Gasteiger charge is 2.44. The molecule has 7 aromatic rings. The van der Waals surface area contributed by atoms with E-state index in [4.69, 9.17) is 9.47 Å². The van der Waals surface area contributed by atoms with Crippen molar-refractivity contribution in [1.82, 2.24) is 25.9 Å². The van der Waals surface area contributed by atoms with Crippen molar-refractivity contribution in [1.29, 1.82) is 0 Å². The minimum absolute atomic E-state index is 0.0512. The number of aromatic nitrogens is 1. The van der Waals surface area contributed by atoms with Gasteiger partial charge in [-0.3, -0.25) is 24.0 Å². The first-order valence-electron chi connectivity index (χ1n) is 23.9. The maximum atomic E-state index is 14.1. The summed E-state index contributed by atoms with van der Waals surface area (Å²) in [6, 6.07) is 30.1. The molecule has 4 amide bonds. The van der Waals surface area contributed by atoms with Crippen LogP contribution in [0.15, 0.2) is 126 Å².